The highest BCUT2D eigenvalue weighted by atomic mass is 19.1. The van der Waals surface area contributed by atoms with Crippen LogP contribution in [0.4, 0.5) is 19.3 Å². The number of H-pyrrole nitrogens is 1. The van der Waals surface area contributed by atoms with Crippen LogP contribution in [0, 0.1) is 29.4 Å². The number of fused-ring (bicyclic) bond motifs is 2. The zero-order valence-electron chi connectivity index (χ0n) is 33.7. The number of nitrogens with zero attached hydrogens (tertiary/aromatic N) is 4. The number of nitrogens with one attached hydrogen (secondary N) is 2. The third-order valence-electron chi connectivity index (χ3n) is 11.8. The molecule has 4 aromatic rings. The van der Waals surface area contributed by atoms with Crippen LogP contribution in [0.15, 0.2) is 53.5 Å². The number of imidazole rings is 1. The number of alkyl carbamates (subject to hydrolysis) is 1. The lowest BCUT2D eigenvalue weighted by molar-refractivity contribution is -0.148. The van der Waals surface area contributed by atoms with E-state index in [-0.39, 0.29) is 42.2 Å². The van der Waals surface area contributed by atoms with Gasteiger partial charge in [-0.1, -0.05) is 52.0 Å². The number of ether oxygens (including phenoxy) is 2. The number of aromatic amines is 1. The molecule has 3 aromatic carbocycles. The molecule has 4 heterocycles. The van der Waals surface area contributed by atoms with Crippen molar-refractivity contribution in [1.82, 2.24) is 25.1 Å². The first-order valence-electron chi connectivity index (χ1n) is 20.0. The van der Waals surface area contributed by atoms with Crippen molar-refractivity contribution in [1.29, 1.82) is 0 Å². The Morgan fingerprint density at radius 2 is 1.45 bits per heavy atom. The first-order valence-corrected chi connectivity index (χ1v) is 20.0. The molecular weight excluding hydrogens is 747 g/mol. The first-order chi connectivity index (χ1) is 27.8. The molecule has 306 valence electrons. The van der Waals surface area contributed by atoms with Gasteiger partial charge in [-0.05, 0) is 72.4 Å². The summed E-state index contributed by atoms with van der Waals surface area (Å²) < 4.78 is 41.0. The summed E-state index contributed by atoms with van der Waals surface area (Å²) in [4.78, 5) is 67.9. The maximum Gasteiger partial charge on any atom is 0.407 e. The number of methoxy groups -OCH3 is 2. The van der Waals surface area contributed by atoms with Gasteiger partial charge >= 0.3 is 12.1 Å². The topological polar surface area (TPSA) is 146 Å². The lowest BCUT2D eigenvalue weighted by Crippen LogP contribution is -2.53. The zero-order chi connectivity index (χ0) is 41.4. The maximum atomic E-state index is 15.7. The minimum atomic E-state index is -0.749. The lowest BCUT2D eigenvalue weighted by atomic mass is 9.91. The molecule has 1 aromatic heterocycles. The van der Waals surface area contributed by atoms with E-state index in [9.17, 15) is 19.2 Å². The summed E-state index contributed by atoms with van der Waals surface area (Å²) in [5.41, 5.74) is 5.07. The predicted octanol–water partition coefficient (Wildman–Crippen LogP) is 7.67. The number of amides is 3. The number of benzene rings is 3. The Bertz CT molecular complexity index is 2270. The van der Waals surface area contributed by atoms with Gasteiger partial charge in [0.1, 0.15) is 23.5 Å². The maximum absolute atomic E-state index is 15.7. The van der Waals surface area contributed by atoms with Gasteiger partial charge in [0.25, 0.3) is 0 Å². The average molecular weight is 797 g/mol. The molecule has 58 heavy (non-hydrogen) atoms. The number of hydrogen-bond acceptors (Lipinski definition) is 8. The molecular formula is C44H50F2N6O6. The molecule has 0 radical (unpaired) electrons. The molecule has 12 nitrogen and oxygen atoms in total. The van der Waals surface area contributed by atoms with E-state index in [1.165, 1.54) is 26.4 Å². The van der Waals surface area contributed by atoms with Gasteiger partial charge in [0, 0.05) is 42.4 Å². The number of aliphatic imine (C=N–C) groups is 1. The number of carbonyl (C=O) groups is 4. The SMILES string of the molecule is COC(=O)C[C@H](C(=O)N1CCC[C@H]1c1nc2cc(-c3ccc(-c4cc5c(cc4F)CC([C@@H]4CCCN4C(=O)[C@@H](NC(=O)OC)C(C)C)=N5)cc3)c(F)cc2[nH]1)C(C)C. The van der Waals surface area contributed by atoms with Crippen LogP contribution in [-0.2, 0) is 30.3 Å². The number of carbonyl (C=O) groups excluding carboxylic acids is 4. The summed E-state index contributed by atoms with van der Waals surface area (Å²) in [6, 6.07) is 11.9. The van der Waals surface area contributed by atoms with Gasteiger partial charge in [0.05, 0.1) is 55.4 Å². The Morgan fingerprint density at radius 3 is 2.07 bits per heavy atom. The molecule has 0 bridgehead atoms. The molecule has 0 spiro atoms. The van der Waals surface area contributed by atoms with Crippen molar-refractivity contribution in [3.63, 3.8) is 0 Å². The Labute approximate surface area is 336 Å². The highest BCUT2D eigenvalue weighted by molar-refractivity contribution is 6.01. The second-order valence-corrected chi connectivity index (χ2v) is 16.2. The highest BCUT2D eigenvalue weighted by Gasteiger charge is 2.40. The Hall–Kier alpha value is -5.66. The van der Waals surface area contributed by atoms with Crippen LogP contribution in [0.5, 0.6) is 0 Å². The quantitative estimate of drug-likeness (QED) is 0.148. The summed E-state index contributed by atoms with van der Waals surface area (Å²) >= 11 is 0. The molecule has 7 rings (SSSR count). The fourth-order valence-corrected chi connectivity index (χ4v) is 8.56. The summed E-state index contributed by atoms with van der Waals surface area (Å²) in [5.74, 6) is -1.81. The van der Waals surface area contributed by atoms with Crippen molar-refractivity contribution in [3.05, 3.63) is 71.6 Å². The number of likely N-dealkylation sites (tertiary alicyclic amines) is 2. The average Bonchev–Trinajstić information content (AvgIpc) is 4.03. The number of rotatable bonds is 11. The third-order valence-corrected chi connectivity index (χ3v) is 11.8. The first kappa shape index (κ1) is 40.5. The standard InChI is InChI=1S/C44H50F2N6O6/c1-23(2)28(21-39(53)57-5)42(54)52-16-8-10-38(52)41-48-34-20-30(32(46)22-35(34)49-41)26-13-11-25(12-14-26)29-19-33-27(17-31(29)45)18-36(47-33)37-9-7-15-51(37)43(55)40(24(3)4)50-44(56)58-6/h11-14,17,19-20,22-24,28,37-38,40H,7-10,15-16,18,21H2,1-6H3,(H,48,49)(H,50,56)/t28-,37-,38-,40-/m0/s1. The van der Waals surface area contributed by atoms with E-state index >= 15 is 8.78 Å². The summed E-state index contributed by atoms with van der Waals surface area (Å²) in [6.07, 6.45) is 2.71. The minimum Gasteiger partial charge on any atom is -0.469 e. The predicted molar refractivity (Wildman–Crippen MR) is 215 cm³/mol. The van der Waals surface area contributed by atoms with E-state index < -0.39 is 35.7 Å². The second kappa shape index (κ2) is 16.7. The van der Waals surface area contributed by atoms with Crippen LogP contribution in [0.2, 0.25) is 0 Å². The lowest BCUT2D eigenvalue weighted by Gasteiger charge is -2.30. The molecule has 0 saturated carbocycles. The van der Waals surface area contributed by atoms with Gasteiger partial charge in [0.2, 0.25) is 11.8 Å². The number of aromatic nitrogens is 2. The van der Waals surface area contributed by atoms with Crippen LogP contribution in [0.25, 0.3) is 33.3 Å². The Morgan fingerprint density at radius 1 is 0.828 bits per heavy atom. The van der Waals surface area contributed by atoms with Gasteiger partial charge in [-0.2, -0.15) is 0 Å². The van der Waals surface area contributed by atoms with Crippen molar-refractivity contribution < 1.29 is 37.4 Å². The van der Waals surface area contributed by atoms with E-state index in [4.69, 9.17) is 19.5 Å². The fourth-order valence-electron chi connectivity index (χ4n) is 8.56. The summed E-state index contributed by atoms with van der Waals surface area (Å²) in [5, 5.41) is 2.67. The van der Waals surface area contributed by atoms with Crippen molar-refractivity contribution >= 4 is 46.3 Å². The molecule has 14 heteroatoms. The van der Waals surface area contributed by atoms with Crippen molar-refractivity contribution in [3.8, 4) is 22.3 Å². The summed E-state index contributed by atoms with van der Waals surface area (Å²) in [6.45, 7) is 8.62. The molecule has 3 amide bonds. The van der Waals surface area contributed by atoms with E-state index in [0.29, 0.717) is 70.7 Å². The number of hydrogen-bond donors (Lipinski definition) is 2. The van der Waals surface area contributed by atoms with Crippen LogP contribution >= 0.6 is 0 Å². The number of esters is 1. The minimum absolute atomic E-state index is 0.000749. The highest BCUT2D eigenvalue weighted by Crippen LogP contribution is 2.39. The molecule has 3 aliphatic heterocycles. The van der Waals surface area contributed by atoms with Gasteiger partial charge in [-0.15, -0.1) is 0 Å². The monoisotopic (exact) mass is 796 g/mol. The molecule has 2 fully saturated rings. The molecule has 4 atom stereocenters. The molecule has 3 aliphatic rings. The van der Waals surface area contributed by atoms with E-state index in [1.807, 2.05) is 27.7 Å². The van der Waals surface area contributed by atoms with E-state index in [0.717, 1.165) is 30.5 Å². The fraction of sp³-hybridized carbons (Fsp3) is 0.455. The van der Waals surface area contributed by atoms with Crippen LogP contribution in [0.1, 0.15) is 77.2 Å². The number of halogens is 2. The Kier molecular flexibility index (Phi) is 11.7. The smallest absolute Gasteiger partial charge is 0.407 e. The normalized spacial score (nSPS) is 18.8. The van der Waals surface area contributed by atoms with Crippen molar-refractivity contribution in [2.24, 2.45) is 22.7 Å². The Balaban J connectivity index is 1.09. The van der Waals surface area contributed by atoms with Gasteiger partial charge in [-0.3, -0.25) is 19.4 Å². The van der Waals surface area contributed by atoms with E-state index in [2.05, 4.69) is 10.3 Å². The van der Waals surface area contributed by atoms with E-state index in [1.54, 1.807) is 46.2 Å². The third kappa shape index (κ3) is 7.93. The van der Waals surface area contributed by atoms with Crippen molar-refractivity contribution in [2.75, 3.05) is 27.3 Å². The zero-order valence-corrected chi connectivity index (χ0v) is 33.7. The second-order valence-electron chi connectivity index (χ2n) is 16.2. The van der Waals surface area contributed by atoms with Crippen LogP contribution < -0.4 is 5.32 Å². The van der Waals surface area contributed by atoms with Gasteiger partial charge < -0.3 is 29.6 Å². The molecule has 2 saturated heterocycles. The van der Waals surface area contributed by atoms with Gasteiger partial charge in [-0.25, -0.2) is 18.6 Å². The summed E-state index contributed by atoms with van der Waals surface area (Å²) in [7, 11) is 2.57. The van der Waals surface area contributed by atoms with Crippen LogP contribution in [-0.4, -0.2) is 88.7 Å². The van der Waals surface area contributed by atoms with Crippen molar-refractivity contribution in [2.45, 2.75) is 84.3 Å². The molecule has 2 N–H and O–H groups in total. The molecule has 0 aliphatic carbocycles. The molecule has 0 unspecified atom stereocenters. The van der Waals surface area contributed by atoms with Gasteiger partial charge in [0.15, 0.2) is 0 Å². The van der Waals surface area contributed by atoms with Crippen LogP contribution in [0.3, 0.4) is 0 Å². The largest absolute Gasteiger partial charge is 0.469 e.